The smallest absolute Gasteiger partial charge is 0.316 e. The number of benzene rings is 1. The van der Waals surface area contributed by atoms with Crippen molar-refractivity contribution in [3.05, 3.63) is 53.9 Å². The SMILES string of the molecule is CC(C)(C)C(C(=O)O)C(=O)Nc1cnc(Cc2ccc(F)cc2)nc1. The Balaban J connectivity index is 2.05. The minimum absolute atomic E-state index is 0.311. The van der Waals surface area contributed by atoms with E-state index in [1.807, 2.05) is 0 Å². The highest BCUT2D eigenvalue weighted by molar-refractivity contribution is 6.04. The quantitative estimate of drug-likeness (QED) is 0.813. The van der Waals surface area contributed by atoms with Gasteiger partial charge in [0, 0.05) is 6.42 Å². The van der Waals surface area contributed by atoms with Crippen LogP contribution in [0, 0.1) is 17.2 Å². The fourth-order valence-electron chi connectivity index (χ4n) is 2.39. The van der Waals surface area contributed by atoms with Crippen molar-refractivity contribution in [2.75, 3.05) is 5.32 Å². The van der Waals surface area contributed by atoms with Crippen LogP contribution in [-0.4, -0.2) is 27.0 Å². The van der Waals surface area contributed by atoms with E-state index in [2.05, 4.69) is 15.3 Å². The van der Waals surface area contributed by atoms with Crippen LogP contribution in [0.3, 0.4) is 0 Å². The lowest BCUT2D eigenvalue weighted by molar-refractivity contribution is -0.149. The molecule has 0 aliphatic rings. The first-order chi connectivity index (χ1) is 11.7. The number of carboxylic acid groups (broad SMARTS) is 1. The maximum atomic E-state index is 12.9. The topological polar surface area (TPSA) is 92.2 Å². The van der Waals surface area contributed by atoms with E-state index in [1.165, 1.54) is 24.5 Å². The molecule has 0 bridgehead atoms. The summed E-state index contributed by atoms with van der Waals surface area (Å²) >= 11 is 0. The molecule has 1 atom stereocenters. The van der Waals surface area contributed by atoms with Gasteiger partial charge in [-0.2, -0.15) is 0 Å². The Kier molecular flexibility index (Phi) is 5.46. The Morgan fingerprint density at radius 1 is 1.16 bits per heavy atom. The molecule has 25 heavy (non-hydrogen) atoms. The van der Waals surface area contributed by atoms with E-state index < -0.39 is 23.2 Å². The number of aliphatic carboxylic acids is 1. The second-order valence-corrected chi connectivity index (χ2v) is 6.82. The van der Waals surface area contributed by atoms with E-state index in [0.717, 1.165) is 5.56 Å². The third-order valence-electron chi connectivity index (χ3n) is 3.62. The van der Waals surface area contributed by atoms with Gasteiger partial charge < -0.3 is 10.4 Å². The van der Waals surface area contributed by atoms with Crippen molar-refractivity contribution < 1.29 is 19.1 Å². The number of nitrogens with zero attached hydrogens (tertiary/aromatic N) is 2. The highest BCUT2D eigenvalue weighted by Gasteiger charge is 2.37. The van der Waals surface area contributed by atoms with Gasteiger partial charge in [-0.25, -0.2) is 14.4 Å². The molecule has 7 heteroatoms. The molecule has 0 aliphatic carbocycles. The standard InChI is InChI=1S/C18H20FN3O3/c1-18(2,3)15(17(24)25)16(23)22-13-9-20-14(21-10-13)8-11-4-6-12(19)7-5-11/h4-7,9-10,15H,8H2,1-3H3,(H,22,23)(H,24,25). The average molecular weight is 345 g/mol. The Morgan fingerprint density at radius 2 is 1.72 bits per heavy atom. The van der Waals surface area contributed by atoms with Crippen molar-refractivity contribution in [2.45, 2.75) is 27.2 Å². The molecule has 2 rings (SSSR count). The zero-order valence-corrected chi connectivity index (χ0v) is 14.3. The second-order valence-electron chi connectivity index (χ2n) is 6.82. The number of anilines is 1. The van der Waals surface area contributed by atoms with Crippen LogP contribution in [0.1, 0.15) is 32.2 Å². The number of carbonyl (C=O) groups excluding carboxylic acids is 1. The van der Waals surface area contributed by atoms with E-state index in [4.69, 9.17) is 0 Å². The molecule has 0 saturated heterocycles. The van der Waals surface area contributed by atoms with Gasteiger partial charge in [0.2, 0.25) is 5.91 Å². The number of carboxylic acids is 1. The van der Waals surface area contributed by atoms with Crippen LogP contribution in [0.2, 0.25) is 0 Å². The Morgan fingerprint density at radius 3 is 2.20 bits per heavy atom. The first kappa shape index (κ1) is 18.5. The molecule has 2 aromatic rings. The van der Waals surface area contributed by atoms with Gasteiger partial charge in [0.25, 0.3) is 0 Å². The van der Waals surface area contributed by atoms with Crippen LogP contribution < -0.4 is 5.32 Å². The third-order valence-corrected chi connectivity index (χ3v) is 3.62. The summed E-state index contributed by atoms with van der Waals surface area (Å²) in [4.78, 5) is 31.9. The fourth-order valence-corrected chi connectivity index (χ4v) is 2.39. The van der Waals surface area contributed by atoms with E-state index in [9.17, 15) is 19.1 Å². The third kappa shape index (κ3) is 5.07. The zero-order valence-electron chi connectivity index (χ0n) is 14.3. The van der Waals surface area contributed by atoms with Gasteiger partial charge in [0.05, 0.1) is 18.1 Å². The number of nitrogens with one attached hydrogen (secondary N) is 1. The van der Waals surface area contributed by atoms with Crippen LogP contribution in [0.15, 0.2) is 36.7 Å². The molecule has 0 saturated carbocycles. The van der Waals surface area contributed by atoms with Crippen LogP contribution in [0.5, 0.6) is 0 Å². The number of rotatable bonds is 5. The minimum Gasteiger partial charge on any atom is -0.481 e. The maximum Gasteiger partial charge on any atom is 0.316 e. The fraction of sp³-hybridized carbons (Fsp3) is 0.333. The molecular weight excluding hydrogens is 325 g/mol. The van der Waals surface area contributed by atoms with Gasteiger partial charge in [0.15, 0.2) is 0 Å². The molecule has 6 nitrogen and oxygen atoms in total. The van der Waals surface area contributed by atoms with Crippen LogP contribution in [0.25, 0.3) is 0 Å². The van der Waals surface area contributed by atoms with Crippen molar-refractivity contribution in [2.24, 2.45) is 11.3 Å². The zero-order chi connectivity index (χ0) is 18.6. The highest BCUT2D eigenvalue weighted by atomic mass is 19.1. The summed E-state index contributed by atoms with van der Waals surface area (Å²) < 4.78 is 12.9. The lowest BCUT2D eigenvalue weighted by Gasteiger charge is -2.25. The summed E-state index contributed by atoms with van der Waals surface area (Å²) in [6, 6.07) is 6.02. The number of carbonyl (C=O) groups is 2. The number of amides is 1. The maximum absolute atomic E-state index is 12.9. The molecule has 1 amide bonds. The summed E-state index contributed by atoms with van der Waals surface area (Å²) in [5, 5.41) is 11.8. The van der Waals surface area contributed by atoms with E-state index >= 15 is 0 Å². The van der Waals surface area contributed by atoms with Crippen molar-refractivity contribution in [1.29, 1.82) is 0 Å². The van der Waals surface area contributed by atoms with E-state index in [0.29, 0.717) is 17.9 Å². The summed E-state index contributed by atoms with van der Waals surface area (Å²) in [7, 11) is 0. The molecular formula is C18H20FN3O3. The monoisotopic (exact) mass is 345 g/mol. The van der Waals surface area contributed by atoms with Gasteiger partial charge >= 0.3 is 5.97 Å². The largest absolute Gasteiger partial charge is 0.481 e. The number of hydrogen-bond acceptors (Lipinski definition) is 4. The molecule has 1 aromatic carbocycles. The van der Waals surface area contributed by atoms with Crippen molar-refractivity contribution >= 4 is 17.6 Å². The van der Waals surface area contributed by atoms with Crippen molar-refractivity contribution in [3.8, 4) is 0 Å². The van der Waals surface area contributed by atoms with Crippen LogP contribution in [-0.2, 0) is 16.0 Å². The molecule has 0 aliphatic heterocycles. The van der Waals surface area contributed by atoms with Crippen LogP contribution >= 0.6 is 0 Å². The summed E-state index contributed by atoms with van der Waals surface area (Å²) in [5.41, 5.74) is 0.458. The molecule has 0 radical (unpaired) electrons. The molecule has 1 heterocycles. The van der Waals surface area contributed by atoms with E-state index in [-0.39, 0.29) is 5.82 Å². The Labute approximate surface area is 145 Å². The molecule has 0 fully saturated rings. The first-order valence-electron chi connectivity index (χ1n) is 7.76. The van der Waals surface area contributed by atoms with E-state index in [1.54, 1.807) is 32.9 Å². The Bertz CT molecular complexity index is 753. The van der Waals surface area contributed by atoms with Gasteiger partial charge in [-0.15, -0.1) is 0 Å². The molecule has 0 spiro atoms. The van der Waals surface area contributed by atoms with Crippen molar-refractivity contribution in [3.63, 3.8) is 0 Å². The molecule has 1 aromatic heterocycles. The van der Waals surface area contributed by atoms with Crippen LogP contribution in [0.4, 0.5) is 10.1 Å². The van der Waals surface area contributed by atoms with Gasteiger partial charge in [0.1, 0.15) is 17.6 Å². The number of hydrogen-bond donors (Lipinski definition) is 2. The highest BCUT2D eigenvalue weighted by Crippen LogP contribution is 2.27. The van der Waals surface area contributed by atoms with Gasteiger partial charge in [-0.1, -0.05) is 32.9 Å². The predicted molar refractivity (Wildman–Crippen MR) is 90.4 cm³/mol. The second kappa shape index (κ2) is 7.38. The molecule has 132 valence electrons. The lowest BCUT2D eigenvalue weighted by Crippen LogP contribution is -2.39. The van der Waals surface area contributed by atoms with Gasteiger partial charge in [-0.3, -0.25) is 9.59 Å². The number of halogens is 1. The predicted octanol–water partition coefficient (Wildman–Crippen LogP) is 2.89. The normalized spacial score (nSPS) is 12.5. The first-order valence-corrected chi connectivity index (χ1v) is 7.76. The summed E-state index contributed by atoms with van der Waals surface area (Å²) in [6.07, 6.45) is 3.27. The summed E-state index contributed by atoms with van der Waals surface area (Å²) in [6.45, 7) is 5.06. The Hall–Kier alpha value is -2.83. The minimum atomic E-state index is -1.19. The summed E-state index contributed by atoms with van der Waals surface area (Å²) in [5.74, 6) is -2.79. The van der Waals surface area contributed by atoms with Crippen molar-refractivity contribution in [1.82, 2.24) is 9.97 Å². The lowest BCUT2D eigenvalue weighted by atomic mass is 9.80. The molecule has 2 N–H and O–H groups in total. The molecule has 1 unspecified atom stereocenters. The number of aromatic nitrogens is 2. The average Bonchev–Trinajstić information content (AvgIpc) is 2.49. The van der Waals surface area contributed by atoms with Gasteiger partial charge in [-0.05, 0) is 23.1 Å².